The third kappa shape index (κ3) is 2.08. The predicted molar refractivity (Wildman–Crippen MR) is 53.9 cm³/mol. The second kappa shape index (κ2) is 4.30. The molecule has 1 fully saturated rings. The fraction of sp³-hybridized carbons (Fsp3) is 0.909. The number of ether oxygens (including phenoxy) is 2. The van der Waals surface area contributed by atoms with Crippen molar-refractivity contribution in [3.8, 4) is 0 Å². The Labute approximate surface area is 85.8 Å². The Kier molecular flexibility index (Phi) is 3.53. The highest BCUT2D eigenvalue weighted by molar-refractivity contribution is 5.77. The van der Waals surface area contributed by atoms with Crippen molar-refractivity contribution in [1.29, 1.82) is 0 Å². The summed E-state index contributed by atoms with van der Waals surface area (Å²) in [5.41, 5.74) is 0.0570. The van der Waals surface area contributed by atoms with Crippen molar-refractivity contribution in [1.82, 2.24) is 0 Å². The van der Waals surface area contributed by atoms with Gasteiger partial charge in [0.25, 0.3) is 0 Å². The molecule has 0 aromatic carbocycles. The summed E-state index contributed by atoms with van der Waals surface area (Å²) >= 11 is 0. The van der Waals surface area contributed by atoms with E-state index in [1.807, 2.05) is 13.8 Å². The number of carbonyl (C=O) groups excluding carboxylic acids is 1. The normalized spacial score (nSPS) is 28.6. The van der Waals surface area contributed by atoms with Gasteiger partial charge < -0.3 is 9.47 Å². The van der Waals surface area contributed by atoms with Gasteiger partial charge in [-0.25, -0.2) is 0 Å². The summed E-state index contributed by atoms with van der Waals surface area (Å²) < 4.78 is 10.4. The number of esters is 1. The lowest BCUT2D eigenvalue weighted by molar-refractivity contribution is -0.145. The second-order valence-electron chi connectivity index (χ2n) is 4.32. The van der Waals surface area contributed by atoms with Crippen LogP contribution in [0.5, 0.6) is 0 Å². The molecule has 0 bridgehead atoms. The van der Waals surface area contributed by atoms with Gasteiger partial charge in [0.15, 0.2) is 0 Å². The maximum absolute atomic E-state index is 11.5. The van der Waals surface area contributed by atoms with Crippen LogP contribution in [0, 0.1) is 17.3 Å². The van der Waals surface area contributed by atoms with Gasteiger partial charge in [0.1, 0.15) is 0 Å². The van der Waals surface area contributed by atoms with E-state index in [0.717, 1.165) is 0 Å². The zero-order valence-corrected chi connectivity index (χ0v) is 9.50. The van der Waals surface area contributed by atoms with Crippen LogP contribution in [0.3, 0.4) is 0 Å². The highest BCUT2D eigenvalue weighted by atomic mass is 16.5. The summed E-state index contributed by atoms with van der Waals surface area (Å²) in [5, 5.41) is 0. The molecule has 0 aliphatic heterocycles. The van der Waals surface area contributed by atoms with E-state index in [1.54, 1.807) is 0 Å². The van der Waals surface area contributed by atoms with Gasteiger partial charge in [-0.05, 0) is 19.3 Å². The molecule has 1 aliphatic carbocycles. The lowest BCUT2D eigenvalue weighted by Crippen LogP contribution is -2.10. The van der Waals surface area contributed by atoms with E-state index in [2.05, 4.69) is 13.8 Å². The van der Waals surface area contributed by atoms with Crippen LogP contribution < -0.4 is 0 Å². The monoisotopic (exact) mass is 200 g/mol. The van der Waals surface area contributed by atoms with Gasteiger partial charge >= 0.3 is 5.97 Å². The standard InChI is InChI=1S/C11H20O3/c1-5-13-7-8-9(11(8,3)4)10(12)14-6-2/h8-9H,5-7H2,1-4H3. The Balaban J connectivity index is 2.44. The topological polar surface area (TPSA) is 35.5 Å². The summed E-state index contributed by atoms with van der Waals surface area (Å²) in [4.78, 5) is 11.5. The highest BCUT2D eigenvalue weighted by Gasteiger charge is 2.62. The van der Waals surface area contributed by atoms with Crippen LogP contribution in [0.1, 0.15) is 27.7 Å². The van der Waals surface area contributed by atoms with Crippen molar-refractivity contribution in [2.45, 2.75) is 27.7 Å². The van der Waals surface area contributed by atoms with Gasteiger partial charge in [0.05, 0.1) is 19.1 Å². The summed E-state index contributed by atoms with van der Waals surface area (Å²) in [6, 6.07) is 0. The number of carbonyl (C=O) groups is 1. The molecule has 2 unspecified atom stereocenters. The zero-order chi connectivity index (χ0) is 10.8. The minimum Gasteiger partial charge on any atom is -0.466 e. The van der Waals surface area contributed by atoms with E-state index in [0.29, 0.717) is 25.7 Å². The summed E-state index contributed by atoms with van der Waals surface area (Å²) in [7, 11) is 0. The maximum atomic E-state index is 11.5. The first-order chi connectivity index (χ1) is 6.55. The quantitative estimate of drug-likeness (QED) is 0.635. The van der Waals surface area contributed by atoms with Crippen LogP contribution in [0.15, 0.2) is 0 Å². The fourth-order valence-corrected chi connectivity index (χ4v) is 2.00. The number of rotatable bonds is 5. The lowest BCUT2D eigenvalue weighted by Gasteiger charge is -2.01. The molecule has 82 valence electrons. The molecule has 0 aromatic rings. The first-order valence-corrected chi connectivity index (χ1v) is 5.30. The molecule has 3 nitrogen and oxygen atoms in total. The largest absolute Gasteiger partial charge is 0.466 e. The molecule has 1 saturated carbocycles. The number of hydrogen-bond donors (Lipinski definition) is 0. The average molecular weight is 200 g/mol. The first kappa shape index (κ1) is 11.5. The van der Waals surface area contributed by atoms with Crippen molar-refractivity contribution in [3.63, 3.8) is 0 Å². The molecule has 0 radical (unpaired) electrons. The van der Waals surface area contributed by atoms with Crippen molar-refractivity contribution in [2.75, 3.05) is 19.8 Å². The molecular weight excluding hydrogens is 180 g/mol. The molecule has 2 atom stereocenters. The van der Waals surface area contributed by atoms with E-state index < -0.39 is 0 Å². The predicted octanol–water partition coefficient (Wildman–Crippen LogP) is 1.86. The second-order valence-corrected chi connectivity index (χ2v) is 4.32. The van der Waals surface area contributed by atoms with Gasteiger partial charge in [-0.2, -0.15) is 0 Å². The van der Waals surface area contributed by atoms with E-state index in [9.17, 15) is 4.79 Å². The van der Waals surface area contributed by atoms with Crippen LogP contribution in [-0.2, 0) is 14.3 Å². The molecule has 0 heterocycles. The molecule has 3 heteroatoms. The van der Waals surface area contributed by atoms with E-state index in [1.165, 1.54) is 0 Å². The summed E-state index contributed by atoms with van der Waals surface area (Å²) in [6.07, 6.45) is 0. The molecule has 1 aliphatic rings. The number of hydrogen-bond acceptors (Lipinski definition) is 3. The molecule has 14 heavy (non-hydrogen) atoms. The SMILES string of the molecule is CCOCC1C(C(=O)OCC)C1(C)C. The summed E-state index contributed by atoms with van der Waals surface area (Å²) in [5.74, 6) is 0.303. The van der Waals surface area contributed by atoms with Gasteiger partial charge in [0, 0.05) is 12.5 Å². The lowest BCUT2D eigenvalue weighted by atomic mass is 10.1. The van der Waals surface area contributed by atoms with E-state index in [4.69, 9.17) is 9.47 Å². The van der Waals surface area contributed by atoms with E-state index >= 15 is 0 Å². The Morgan fingerprint density at radius 2 is 1.93 bits per heavy atom. The van der Waals surface area contributed by atoms with Crippen LogP contribution >= 0.6 is 0 Å². The first-order valence-electron chi connectivity index (χ1n) is 5.30. The summed E-state index contributed by atoms with van der Waals surface area (Å²) in [6.45, 7) is 9.85. The van der Waals surface area contributed by atoms with Crippen molar-refractivity contribution in [2.24, 2.45) is 17.3 Å². The van der Waals surface area contributed by atoms with Crippen LogP contribution in [-0.4, -0.2) is 25.8 Å². The van der Waals surface area contributed by atoms with Crippen molar-refractivity contribution in [3.05, 3.63) is 0 Å². The smallest absolute Gasteiger partial charge is 0.309 e. The zero-order valence-electron chi connectivity index (χ0n) is 9.50. The van der Waals surface area contributed by atoms with Crippen molar-refractivity contribution >= 4 is 5.97 Å². The highest BCUT2D eigenvalue weighted by Crippen LogP contribution is 2.58. The van der Waals surface area contributed by atoms with E-state index in [-0.39, 0.29) is 17.3 Å². The molecule has 0 aromatic heterocycles. The molecule has 0 spiro atoms. The Morgan fingerprint density at radius 1 is 1.29 bits per heavy atom. The van der Waals surface area contributed by atoms with Crippen LogP contribution in [0.25, 0.3) is 0 Å². The van der Waals surface area contributed by atoms with Gasteiger partial charge in [-0.1, -0.05) is 13.8 Å². The minimum absolute atomic E-state index is 0.0361. The molecule has 1 rings (SSSR count). The third-order valence-electron chi connectivity index (χ3n) is 3.09. The average Bonchev–Trinajstić information content (AvgIpc) is 2.65. The Bertz CT molecular complexity index is 211. The third-order valence-corrected chi connectivity index (χ3v) is 3.09. The maximum Gasteiger partial charge on any atom is 0.309 e. The minimum atomic E-state index is -0.0674. The Hall–Kier alpha value is -0.570. The molecule has 0 saturated heterocycles. The Morgan fingerprint density at radius 3 is 2.43 bits per heavy atom. The van der Waals surface area contributed by atoms with Crippen molar-refractivity contribution < 1.29 is 14.3 Å². The van der Waals surface area contributed by atoms with Crippen LogP contribution in [0.2, 0.25) is 0 Å². The molecular formula is C11H20O3. The molecule has 0 amide bonds. The fourth-order valence-electron chi connectivity index (χ4n) is 2.00. The van der Waals surface area contributed by atoms with Gasteiger partial charge in [-0.3, -0.25) is 4.79 Å². The van der Waals surface area contributed by atoms with Crippen LogP contribution in [0.4, 0.5) is 0 Å². The van der Waals surface area contributed by atoms with Gasteiger partial charge in [-0.15, -0.1) is 0 Å². The molecule has 0 N–H and O–H groups in total. The van der Waals surface area contributed by atoms with Gasteiger partial charge in [0.2, 0.25) is 0 Å².